The van der Waals surface area contributed by atoms with Crippen LogP contribution in [-0.4, -0.2) is 43.7 Å². The predicted octanol–water partition coefficient (Wildman–Crippen LogP) is 2.44. The van der Waals surface area contributed by atoms with Crippen molar-refractivity contribution in [2.75, 3.05) is 4.72 Å². The van der Waals surface area contributed by atoms with Crippen LogP contribution in [0.5, 0.6) is 0 Å². The smallest absolute Gasteiger partial charge is 0.272 e. The lowest BCUT2D eigenvalue weighted by atomic mass is 10.4. The largest absolute Gasteiger partial charge is 0.516 e. The van der Waals surface area contributed by atoms with Gasteiger partial charge in [-0.05, 0) is 19.1 Å². The Morgan fingerprint density at radius 1 is 0.966 bits per heavy atom. The number of nitrogens with zero attached hydrogens (tertiary/aromatic N) is 6. The maximum absolute atomic E-state index is 12.8. The van der Waals surface area contributed by atoms with Crippen molar-refractivity contribution in [3.05, 3.63) is 42.0 Å². The average molecular weight is 441 g/mol. The molecule has 0 radical (unpaired) electrons. The first kappa shape index (κ1) is 20.6. The molecule has 0 atom stereocenters. The lowest BCUT2D eigenvalue weighted by Crippen LogP contribution is -2.30. The van der Waals surface area contributed by atoms with Crippen molar-refractivity contribution in [3.8, 4) is 11.6 Å². The second-order valence-corrected chi connectivity index (χ2v) is 7.21. The van der Waals surface area contributed by atoms with Crippen LogP contribution in [0.4, 0.5) is 32.0 Å². The van der Waals surface area contributed by atoms with E-state index in [2.05, 4.69) is 20.4 Å². The van der Waals surface area contributed by atoms with Gasteiger partial charge in [-0.15, -0.1) is 10.2 Å². The molecule has 1 N–H and O–H groups in total. The van der Waals surface area contributed by atoms with E-state index in [-0.39, 0.29) is 5.82 Å². The number of aromatic nitrogens is 6. The molecule has 0 aromatic carbocycles. The van der Waals surface area contributed by atoms with Crippen LogP contribution >= 0.6 is 0 Å². The van der Waals surface area contributed by atoms with Crippen molar-refractivity contribution >= 4 is 15.7 Å². The molecule has 3 heterocycles. The van der Waals surface area contributed by atoms with E-state index in [0.717, 1.165) is 16.9 Å². The number of alkyl halides is 6. The molecule has 0 amide bonds. The zero-order valence-corrected chi connectivity index (χ0v) is 14.9. The molecule has 16 heteroatoms. The Bertz CT molecular complexity index is 1150. The first-order valence-electron chi connectivity index (χ1n) is 7.40. The summed E-state index contributed by atoms with van der Waals surface area (Å²) in [6.07, 6.45) is -2.72. The maximum Gasteiger partial charge on any atom is 0.516 e. The molecular weight excluding hydrogens is 432 g/mol. The van der Waals surface area contributed by atoms with Crippen LogP contribution in [0.2, 0.25) is 0 Å². The summed E-state index contributed by atoms with van der Waals surface area (Å²) in [5.41, 5.74) is -7.35. The van der Waals surface area contributed by atoms with Crippen LogP contribution in [0.1, 0.15) is 11.4 Å². The number of aryl methyl sites for hydroxylation is 1. The van der Waals surface area contributed by atoms with Crippen molar-refractivity contribution in [2.24, 2.45) is 0 Å². The van der Waals surface area contributed by atoms with Crippen molar-refractivity contribution in [1.82, 2.24) is 29.8 Å². The third-order valence-electron chi connectivity index (χ3n) is 3.36. The van der Waals surface area contributed by atoms with E-state index in [0.29, 0.717) is 16.4 Å². The number of anilines is 1. The van der Waals surface area contributed by atoms with Crippen molar-refractivity contribution in [3.63, 3.8) is 0 Å². The number of rotatable bonds is 4. The highest BCUT2D eigenvalue weighted by molar-refractivity contribution is 7.93. The standard InChI is InChI=1S/C13H9F6N7O2S/c1-7-2-4-25(22-7)10-6-8(24-29(27,28)13(17,18)19)11(21-20-10)26-5-3-9(23-26)12(14,15)16/h2-6H,1H3,(H,20,24). The van der Waals surface area contributed by atoms with Crippen LogP contribution in [0, 0.1) is 6.92 Å². The van der Waals surface area contributed by atoms with Gasteiger partial charge in [-0.3, -0.25) is 4.72 Å². The molecule has 3 aromatic rings. The van der Waals surface area contributed by atoms with Gasteiger partial charge in [0.1, 0.15) is 0 Å². The van der Waals surface area contributed by atoms with E-state index in [4.69, 9.17) is 0 Å². The molecule has 0 unspecified atom stereocenters. The Kier molecular flexibility index (Phi) is 4.76. The lowest BCUT2D eigenvalue weighted by molar-refractivity contribution is -0.141. The van der Waals surface area contributed by atoms with Crippen LogP contribution in [-0.2, 0) is 16.2 Å². The zero-order valence-electron chi connectivity index (χ0n) is 14.1. The highest BCUT2D eigenvalue weighted by atomic mass is 32.2. The number of sulfonamides is 1. The van der Waals surface area contributed by atoms with Gasteiger partial charge in [0, 0.05) is 18.5 Å². The normalized spacial score (nSPS) is 12.9. The molecule has 0 fully saturated rings. The number of hydrogen-bond acceptors (Lipinski definition) is 6. The molecule has 0 saturated heterocycles. The fraction of sp³-hybridized carbons (Fsp3) is 0.231. The van der Waals surface area contributed by atoms with Crippen molar-refractivity contribution in [2.45, 2.75) is 18.6 Å². The Hall–Kier alpha value is -3.17. The summed E-state index contributed by atoms with van der Waals surface area (Å²) >= 11 is 0. The predicted molar refractivity (Wildman–Crippen MR) is 84.6 cm³/mol. The highest BCUT2D eigenvalue weighted by Crippen LogP contribution is 2.30. The first-order chi connectivity index (χ1) is 13.3. The fourth-order valence-corrected chi connectivity index (χ4v) is 2.63. The van der Waals surface area contributed by atoms with Crippen LogP contribution in [0.25, 0.3) is 11.6 Å². The quantitative estimate of drug-likeness (QED) is 0.624. The molecule has 3 aromatic heterocycles. The molecule has 9 nitrogen and oxygen atoms in total. The van der Waals surface area contributed by atoms with Gasteiger partial charge < -0.3 is 0 Å². The summed E-state index contributed by atoms with van der Waals surface area (Å²) in [7, 11) is -5.91. The lowest BCUT2D eigenvalue weighted by Gasteiger charge is -2.14. The second kappa shape index (κ2) is 6.71. The first-order valence-corrected chi connectivity index (χ1v) is 8.89. The molecule has 0 saturated carbocycles. The van der Waals surface area contributed by atoms with Crippen LogP contribution in [0.3, 0.4) is 0 Å². The number of hydrogen-bond donors (Lipinski definition) is 1. The number of nitrogens with one attached hydrogen (secondary N) is 1. The van der Waals surface area contributed by atoms with E-state index in [1.165, 1.54) is 17.0 Å². The SMILES string of the molecule is Cc1ccn(-c2cc(NS(=O)(=O)C(F)(F)F)c(-n3ccc(C(F)(F)F)n3)nn2)n1. The summed E-state index contributed by atoms with van der Waals surface area (Å²) in [5.74, 6) is -0.897. The Morgan fingerprint density at radius 2 is 1.62 bits per heavy atom. The van der Waals surface area contributed by atoms with Crippen LogP contribution < -0.4 is 4.72 Å². The molecule has 0 aliphatic rings. The third-order valence-corrected chi connectivity index (χ3v) is 4.46. The van der Waals surface area contributed by atoms with Crippen LogP contribution in [0.15, 0.2) is 30.6 Å². The van der Waals surface area contributed by atoms with Gasteiger partial charge >= 0.3 is 21.7 Å². The van der Waals surface area contributed by atoms with Gasteiger partial charge in [0.05, 0.1) is 11.4 Å². The minimum Gasteiger partial charge on any atom is -0.272 e. The summed E-state index contributed by atoms with van der Waals surface area (Å²) in [4.78, 5) is 0. The highest BCUT2D eigenvalue weighted by Gasteiger charge is 2.46. The van der Waals surface area contributed by atoms with E-state index in [9.17, 15) is 34.8 Å². The summed E-state index contributed by atoms with van der Waals surface area (Å²) in [5, 5.41) is 14.3. The van der Waals surface area contributed by atoms with Gasteiger partial charge in [-0.1, -0.05) is 0 Å². The molecule has 156 valence electrons. The molecule has 3 rings (SSSR count). The summed E-state index contributed by atoms with van der Waals surface area (Å²) in [6.45, 7) is 1.61. The fourth-order valence-electron chi connectivity index (χ4n) is 2.07. The maximum atomic E-state index is 12.8. The van der Waals surface area contributed by atoms with E-state index in [1.54, 1.807) is 6.92 Å². The molecule has 0 aliphatic heterocycles. The molecule has 0 spiro atoms. The van der Waals surface area contributed by atoms with Gasteiger partial charge in [-0.2, -0.15) is 45.0 Å². The minimum atomic E-state index is -5.91. The van der Waals surface area contributed by atoms with Crippen molar-refractivity contribution in [1.29, 1.82) is 0 Å². The monoisotopic (exact) mass is 441 g/mol. The van der Waals surface area contributed by atoms with E-state index in [1.807, 2.05) is 0 Å². The molecule has 0 aliphatic carbocycles. The Balaban J connectivity index is 2.13. The van der Waals surface area contributed by atoms with E-state index < -0.39 is 38.9 Å². The van der Waals surface area contributed by atoms with Gasteiger partial charge in [0.15, 0.2) is 17.3 Å². The number of halogens is 6. The zero-order chi connectivity index (χ0) is 21.6. The van der Waals surface area contributed by atoms with Gasteiger partial charge in [0.2, 0.25) is 0 Å². The summed E-state index contributed by atoms with van der Waals surface area (Å²) < 4.78 is 102. The Labute approximate surface area is 158 Å². The van der Waals surface area contributed by atoms with Gasteiger partial charge in [0.25, 0.3) is 0 Å². The average Bonchev–Trinajstić information content (AvgIpc) is 3.22. The Morgan fingerprint density at radius 3 is 2.14 bits per heavy atom. The summed E-state index contributed by atoms with van der Waals surface area (Å²) in [6, 6.07) is 2.89. The third kappa shape index (κ3) is 4.15. The van der Waals surface area contributed by atoms with Gasteiger partial charge in [-0.25, -0.2) is 9.36 Å². The molecular formula is C13H9F6N7O2S. The molecule has 29 heavy (non-hydrogen) atoms. The van der Waals surface area contributed by atoms with E-state index >= 15 is 0 Å². The second-order valence-electron chi connectivity index (χ2n) is 5.54. The minimum absolute atomic E-state index is 0.190. The topological polar surface area (TPSA) is 108 Å². The van der Waals surface area contributed by atoms with Crippen molar-refractivity contribution < 1.29 is 34.8 Å². The molecule has 0 bridgehead atoms.